The number of ether oxygens (including phenoxy) is 1. The van der Waals surface area contributed by atoms with Crippen LogP contribution in [0.4, 0.5) is 0 Å². The fourth-order valence-electron chi connectivity index (χ4n) is 1.37. The van der Waals surface area contributed by atoms with Gasteiger partial charge in [0.15, 0.2) is 17.0 Å². The summed E-state index contributed by atoms with van der Waals surface area (Å²) in [5, 5.41) is 27.7. The third kappa shape index (κ3) is 2.94. The summed E-state index contributed by atoms with van der Waals surface area (Å²) in [4.78, 5) is 19.8. The second-order valence-electron chi connectivity index (χ2n) is 3.62. The first kappa shape index (κ1) is 15.6. The molecule has 2 rings (SSSR count). The molecule has 0 unspecified atom stereocenters. The molecule has 1 aromatic rings. The third-order valence-corrected chi connectivity index (χ3v) is 4.64. The zero-order chi connectivity index (χ0) is 16.1. The summed E-state index contributed by atoms with van der Waals surface area (Å²) in [5.41, 5.74) is -0.361. The summed E-state index contributed by atoms with van der Waals surface area (Å²) in [6.07, 6.45) is 1.39. The molecule has 9 heteroatoms. The Morgan fingerprint density at radius 1 is 1.18 bits per heavy atom. The van der Waals surface area contributed by atoms with E-state index in [-0.39, 0.29) is 23.6 Å². The number of rotatable bonds is 3. The Morgan fingerprint density at radius 3 is 2.14 bits per heavy atom. The van der Waals surface area contributed by atoms with Crippen LogP contribution in [0.25, 0.3) is 0 Å². The van der Waals surface area contributed by atoms with Crippen molar-refractivity contribution in [3.63, 3.8) is 0 Å². The first-order valence-corrected chi connectivity index (χ1v) is 7.28. The molecular formula is C13H5N5O2S2. The van der Waals surface area contributed by atoms with Crippen LogP contribution in [0.5, 0.6) is 0 Å². The van der Waals surface area contributed by atoms with Gasteiger partial charge in [0.2, 0.25) is 0 Å². The van der Waals surface area contributed by atoms with Crippen molar-refractivity contribution in [2.45, 2.75) is 10.1 Å². The largest absolute Gasteiger partial charge is 0.457 e. The Morgan fingerprint density at radius 2 is 1.73 bits per heavy atom. The topological polar surface area (TPSA) is 123 Å². The maximum Gasteiger partial charge on any atom is 0.350 e. The highest BCUT2D eigenvalue weighted by molar-refractivity contribution is 8.24. The Labute approximate surface area is 133 Å². The molecule has 0 saturated heterocycles. The van der Waals surface area contributed by atoms with Gasteiger partial charge in [-0.2, -0.15) is 15.8 Å². The lowest BCUT2D eigenvalue weighted by molar-refractivity contribution is -0.137. The number of nitrogens with zero attached hydrogens (tertiary/aromatic N) is 5. The van der Waals surface area contributed by atoms with E-state index >= 15 is 0 Å². The van der Waals surface area contributed by atoms with Crippen LogP contribution >= 0.6 is 23.5 Å². The molecule has 0 amide bonds. The molecule has 22 heavy (non-hydrogen) atoms. The number of hydrogen-bond donors (Lipinski definition) is 0. The van der Waals surface area contributed by atoms with Gasteiger partial charge in [-0.3, -0.25) is 0 Å². The molecule has 7 nitrogen and oxygen atoms in total. The van der Waals surface area contributed by atoms with Crippen molar-refractivity contribution in [1.82, 2.24) is 9.97 Å². The molecule has 0 atom stereocenters. The van der Waals surface area contributed by atoms with Gasteiger partial charge >= 0.3 is 5.97 Å². The van der Waals surface area contributed by atoms with Crippen LogP contribution in [0.15, 0.2) is 32.5 Å². The molecule has 0 N–H and O–H groups in total. The SMILES string of the molecule is C=CCOC(=O)C(C#N)=C1Sc2nc(C#N)c(C#N)nc2S1. The minimum absolute atomic E-state index is 0.00671. The van der Waals surface area contributed by atoms with Gasteiger partial charge in [0.05, 0.1) is 4.24 Å². The molecule has 2 heterocycles. The average Bonchev–Trinajstić information content (AvgIpc) is 2.94. The van der Waals surface area contributed by atoms with Gasteiger partial charge in [0.25, 0.3) is 0 Å². The maximum atomic E-state index is 11.8. The van der Waals surface area contributed by atoms with E-state index in [2.05, 4.69) is 16.5 Å². The summed E-state index contributed by atoms with van der Waals surface area (Å²) in [6.45, 7) is 3.41. The molecule has 1 aromatic heterocycles. The van der Waals surface area contributed by atoms with Crippen LogP contribution in [-0.4, -0.2) is 22.5 Å². The highest BCUT2D eigenvalue weighted by atomic mass is 32.2. The van der Waals surface area contributed by atoms with Gasteiger partial charge in [-0.05, 0) is 0 Å². The molecule has 0 aromatic carbocycles. The molecule has 1 aliphatic heterocycles. The Bertz CT molecular complexity index is 782. The predicted molar refractivity (Wildman–Crippen MR) is 77.0 cm³/mol. The molecule has 0 bridgehead atoms. The van der Waals surface area contributed by atoms with Crippen LogP contribution in [0.2, 0.25) is 0 Å². The van der Waals surface area contributed by atoms with Crippen molar-refractivity contribution in [2.24, 2.45) is 0 Å². The predicted octanol–water partition coefficient (Wildman–Crippen LogP) is 1.88. The van der Waals surface area contributed by atoms with Gasteiger partial charge in [-0.25, -0.2) is 14.8 Å². The van der Waals surface area contributed by atoms with Gasteiger partial charge < -0.3 is 4.74 Å². The van der Waals surface area contributed by atoms with E-state index < -0.39 is 5.97 Å². The highest BCUT2D eigenvalue weighted by Gasteiger charge is 2.29. The van der Waals surface area contributed by atoms with Gasteiger partial charge in [-0.1, -0.05) is 36.2 Å². The summed E-state index contributed by atoms with van der Waals surface area (Å²) >= 11 is 2.08. The summed E-state index contributed by atoms with van der Waals surface area (Å²) in [7, 11) is 0. The van der Waals surface area contributed by atoms with Gasteiger partial charge in [0.1, 0.15) is 34.9 Å². The minimum atomic E-state index is -0.772. The third-order valence-electron chi connectivity index (χ3n) is 2.28. The zero-order valence-electron chi connectivity index (χ0n) is 10.9. The molecule has 0 aliphatic carbocycles. The second kappa shape index (κ2) is 6.77. The standard InChI is InChI=1S/C13H5N5O2S2/c1-2-3-20-12(19)7(4-14)13-21-10-11(22-13)18-9(6-16)8(5-15)17-10/h2H,1,3H2. The smallest absolute Gasteiger partial charge is 0.350 e. The number of thioether (sulfide) groups is 2. The van der Waals surface area contributed by atoms with Crippen molar-refractivity contribution >= 4 is 29.5 Å². The van der Waals surface area contributed by atoms with Crippen LogP contribution in [0.1, 0.15) is 11.4 Å². The van der Waals surface area contributed by atoms with E-state index in [9.17, 15) is 4.79 Å². The summed E-state index contributed by atoms with van der Waals surface area (Å²) < 4.78 is 5.19. The number of esters is 1. The van der Waals surface area contributed by atoms with E-state index in [1.54, 1.807) is 18.2 Å². The number of hydrogen-bond acceptors (Lipinski definition) is 9. The maximum absolute atomic E-state index is 11.8. The normalized spacial score (nSPS) is 11.6. The number of carbonyl (C=O) groups is 1. The number of aromatic nitrogens is 2. The number of fused-ring (bicyclic) bond motifs is 1. The second-order valence-corrected chi connectivity index (χ2v) is 5.88. The molecule has 1 aliphatic rings. The monoisotopic (exact) mass is 327 g/mol. The van der Waals surface area contributed by atoms with Crippen molar-refractivity contribution in [3.05, 3.63) is 33.9 Å². The molecule has 106 valence electrons. The zero-order valence-corrected chi connectivity index (χ0v) is 12.5. The number of nitriles is 3. The summed E-state index contributed by atoms with van der Waals surface area (Å²) in [6, 6.07) is 5.35. The molecule has 0 fully saturated rings. The first-order valence-electron chi connectivity index (χ1n) is 5.65. The van der Waals surface area contributed by atoms with Crippen molar-refractivity contribution in [3.8, 4) is 18.2 Å². The van der Waals surface area contributed by atoms with Gasteiger partial charge in [-0.15, -0.1) is 0 Å². The Balaban J connectivity index is 2.39. The lowest BCUT2D eigenvalue weighted by atomic mass is 10.3. The fraction of sp³-hybridized carbons (Fsp3) is 0.0769. The Hall–Kier alpha value is -2.80. The first-order chi connectivity index (χ1) is 10.6. The quantitative estimate of drug-likeness (QED) is 0.354. The molecule has 0 radical (unpaired) electrons. The van der Waals surface area contributed by atoms with E-state index in [0.29, 0.717) is 14.3 Å². The Kier molecular flexibility index (Phi) is 4.80. The van der Waals surface area contributed by atoms with Crippen LogP contribution < -0.4 is 0 Å². The van der Waals surface area contributed by atoms with Gasteiger partial charge in [0, 0.05) is 0 Å². The van der Waals surface area contributed by atoms with Crippen LogP contribution in [-0.2, 0) is 9.53 Å². The summed E-state index contributed by atoms with van der Waals surface area (Å²) in [5.74, 6) is -0.772. The molecular weight excluding hydrogens is 322 g/mol. The fourth-order valence-corrected chi connectivity index (χ4v) is 3.62. The molecule has 0 spiro atoms. The van der Waals surface area contributed by atoms with E-state index in [4.69, 9.17) is 20.5 Å². The lowest BCUT2D eigenvalue weighted by Gasteiger charge is -2.01. The van der Waals surface area contributed by atoms with Crippen LogP contribution in [0, 0.1) is 34.0 Å². The lowest BCUT2D eigenvalue weighted by Crippen LogP contribution is -2.07. The van der Waals surface area contributed by atoms with E-state index in [0.717, 1.165) is 23.5 Å². The van der Waals surface area contributed by atoms with E-state index in [1.165, 1.54) is 6.08 Å². The average molecular weight is 327 g/mol. The highest BCUT2D eigenvalue weighted by Crippen LogP contribution is 2.50. The van der Waals surface area contributed by atoms with Crippen molar-refractivity contribution in [2.75, 3.05) is 6.61 Å². The minimum Gasteiger partial charge on any atom is -0.457 e. The van der Waals surface area contributed by atoms with Crippen molar-refractivity contribution in [1.29, 1.82) is 15.8 Å². The van der Waals surface area contributed by atoms with Crippen molar-refractivity contribution < 1.29 is 9.53 Å². The molecule has 0 saturated carbocycles. The number of carbonyl (C=O) groups excluding carboxylic acids is 1. The van der Waals surface area contributed by atoms with Crippen LogP contribution in [0.3, 0.4) is 0 Å². The van der Waals surface area contributed by atoms with E-state index in [1.807, 2.05) is 0 Å².